The van der Waals surface area contributed by atoms with E-state index in [1.165, 1.54) is 33.5 Å². The first-order chi connectivity index (χ1) is 15.7. The molecule has 0 radical (unpaired) electrons. The van der Waals surface area contributed by atoms with Crippen molar-refractivity contribution in [2.24, 2.45) is 5.41 Å². The fourth-order valence-electron chi connectivity index (χ4n) is 4.04. The molecule has 4 aromatic carbocycles. The second-order valence-electron chi connectivity index (χ2n) is 8.53. The highest BCUT2D eigenvalue weighted by molar-refractivity contribution is 7.74. The predicted molar refractivity (Wildman–Crippen MR) is 151 cm³/mol. The summed E-state index contributed by atoms with van der Waals surface area (Å²) in [5, 5.41) is 5.90. The molecule has 0 N–H and O–H groups in total. The molecule has 0 spiro atoms. The van der Waals surface area contributed by atoms with E-state index in [4.69, 9.17) is 0 Å². The second kappa shape index (κ2) is 11.3. The summed E-state index contributed by atoms with van der Waals surface area (Å²) in [6.45, 7) is 2.50. The van der Waals surface area contributed by atoms with Crippen molar-refractivity contribution in [1.82, 2.24) is 0 Å². The third-order valence-electron chi connectivity index (χ3n) is 5.84. The summed E-state index contributed by atoms with van der Waals surface area (Å²) in [4.78, 5) is 0. The monoisotopic (exact) mass is 472 g/mol. The van der Waals surface area contributed by atoms with Gasteiger partial charge in [-0.25, -0.2) is 0 Å². The van der Waals surface area contributed by atoms with Crippen LogP contribution >= 0.6 is 25.1 Å². The molecule has 0 aromatic heterocycles. The van der Waals surface area contributed by atoms with Crippen molar-refractivity contribution in [2.75, 3.05) is 18.5 Å². The number of rotatable bonds is 9. The van der Waals surface area contributed by atoms with Crippen LogP contribution in [0.15, 0.2) is 121 Å². The minimum atomic E-state index is -0.416. The Bertz CT molecular complexity index is 902. The predicted octanol–water partition coefficient (Wildman–Crippen LogP) is 6.13. The van der Waals surface area contributed by atoms with Crippen LogP contribution < -0.4 is 21.2 Å². The van der Waals surface area contributed by atoms with Crippen LogP contribution in [0.1, 0.15) is 6.92 Å². The van der Waals surface area contributed by atoms with Crippen LogP contribution in [0.3, 0.4) is 0 Å². The molecule has 0 bridgehead atoms. The van der Waals surface area contributed by atoms with E-state index < -0.39 is 15.8 Å². The standard InChI is InChI=1S/C29H31P3/c1-29(22-30,23-31(25-14-6-2-7-15-25)26-16-8-3-9-17-26)24-32(27-18-10-4-11-19-27)28-20-12-5-13-21-28/h2-21H,22-24,30H2,1H3. The van der Waals surface area contributed by atoms with Crippen molar-refractivity contribution in [1.29, 1.82) is 0 Å². The zero-order valence-corrected chi connectivity index (χ0v) is 21.6. The lowest BCUT2D eigenvalue weighted by Crippen LogP contribution is -2.33. The molecule has 0 saturated carbocycles. The van der Waals surface area contributed by atoms with Crippen molar-refractivity contribution < 1.29 is 0 Å². The average Bonchev–Trinajstić information content (AvgIpc) is 2.88. The van der Waals surface area contributed by atoms with E-state index in [2.05, 4.69) is 137 Å². The molecular weight excluding hydrogens is 441 g/mol. The Labute approximate surface area is 198 Å². The molecule has 1 atom stereocenters. The lowest BCUT2D eigenvalue weighted by molar-refractivity contribution is 0.499. The van der Waals surface area contributed by atoms with E-state index in [1.807, 2.05) is 0 Å². The summed E-state index contributed by atoms with van der Waals surface area (Å²) in [5.41, 5.74) is 0.222. The van der Waals surface area contributed by atoms with Crippen molar-refractivity contribution >= 4 is 46.3 Å². The zero-order valence-electron chi connectivity index (χ0n) is 18.6. The number of hydrogen-bond acceptors (Lipinski definition) is 0. The van der Waals surface area contributed by atoms with Gasteiger partial charge >= 0.3 is 0 Å². The zero-order chi connectivity index (χ0) is 22.2. The first-order valence-corrected chi connectivity index (χ1v) is 15.0. The van der Waals surface area contributed by atoms with Crippen molar-refractivity contribution in [3.63, 3.8) is 0 Å². The van der Waals surface area contributed by atoms with Gasteiger partial charge in [0.1, 0.15) is 0 Å². The molecule has 1 unspecified atom stereocenters. The fourth-order valence-corrected chi connectivity index (χ4v) is 10.5. The first kappa shape index (κ1) is 23.3. The second-order valence-corrected chi connectivity index (χ2v) is 13.3. The van der Waals surface area contributed by atoms with Gasteiger partial charge in [-0.3, -0.25) is 0 Å². The molecule has 162 valence electrons. The van der Waals surface area contributed by atoms with Crippen LogP contribution in [-0.2, 0) is 0 Å². The Kier molecular flexibility index (Phi) is 8.27. The highest BCUT2D eigenvalue weighted by Gasteiger charge is 2.32. The highest BCUT2D eigenvalue weighted by atomic mass is 31.1. The van der Waals surface area contributed by atoms with Gasteiger partial charge in [-0.05, 0) is 61.0 Å². The Morgan fingerprint density at radius 1 is 0.500 bits per heavy atom. The highest BCUT2D eigenvalue weighted by Crippen LogP contribution is 2.47. The van der Waals surface area contributed by atoms with Crippen LogP contribution in [0.2, 0.25) is 0 Å². The lowest BCUT2D eigenvalue weighted by Gasteiger charge is -2.36. The number of hydrogen-bond donors (Lipinski definition) is 0. The van der Waals surface area contributed by atoms with Crippen LogP contribution in [-0.4, -0.2) is 18.5 Å². The molecule has 0 aliphatic heterocycles. The Morgan fingerprint density at radius 2 is 0.750 bits per heavy atom. The van der Waals surface area contributed by atoms with Crippen LogP contribution in [0.25, 0.3) is 0 Å². The van der Waals surface area contributed by atoms with Crippen LogP contribution in [0.5, 0.6) is 0 Å². The summed E-state index contributed by atoms with van der Waals surface area (Å²) >= 11 is 0. The quantitative estimate of drug-likeness (QED) is 0.257. The first-order valence-electron chi connectivity index (χ1n) is 11.1. The molecule has 0 nitrogen and oxygen atoms in total. The topological polar surface area (TPSA) is 0 Å². The van der Waals surface area contributed by atoms with E-state index in [0.29, 0.717) is 0 Å². The van der Waals surface area contributed by atoms with Crippen molar-refractivity contribution in [2.45, 2.75) is 6.92 Å². The normalized spacial score (nSPS) is 11.8. The maximum absolute atomic E-state index is 3.07. The van der Waals surface area contributed by atoms with Gasteiger partial charge in [-0.1, -0.05) is 128 Å². The van der Waals surface area contributed by atoms with Gasteiger partial charge in [0.05, 0.1) is 0 Å². The number of benzene rings is 4. The largest absolute Gasteiger partial charge is 0.137 e. The third-order valence-corrected chi connectivity index (χ3v) is 12.7. The van der Waals surface area contributed by atoms with Gasteiger partial charge in [0.25, 0.3) is 0 Å². The SMILES string of the molecule is CC(CP)(CP(c1ccccc1)c1ccccc1)CP(c1ccccc1)c1ccccc1. The Balaban J connectivity index is 1.69. The van der Waals surface area contributed by atoms with Gasteiger partial charge in [-0.15, -0.1) is 9.24 Å². The van der Waals surface area contributed by atoms with Gasteiger partial charge < -0.3 is 0 Å². The van der Waals surface area contributed by atoms with E-state index in [9.17, 15) is 0 Å². The van der Waals surface area contributed by atoms with E-state index in [0.717, 1.165) is 6.16 Å². The summed E-state index contributed by atoms with van der Waals surface area (Å²) in [6, 6.07) is 44.5. The summed E-state index contributed by atoms with van der Waals surface area (Å²) < 4.78 is 0. The van der Waals surface area contributed by atoms with Crippen LogP contribution in [0, 0.1) is 5.41 Å². The molecule has 0 heterocycles. The van der Waals surface area contributed by atoms with Gasteiger partial charge in [0.2, 0.25) is 0 Å². The Morgan fingerprint density at radius 3 is 0.969 bits per heavy atom. The maximum atomic E-state index is 3.07. The molecule has 0 amide bonds. The summed E-state index contributed by atoms with van der Waals surface area (Å²) in [7, 11) is 2.24. The molecule has 0 fully saturated rings. The summed E-state index contributed by atoms with van der Waals surface area (Å²) in [6.07, 6.45) is 3.49. The maximum Gasteiger partial charge on any atom is -0.0184 e. The van der Waals surface area contributed by atoms with E-state index >= 15 is 0 Å². The van der Waals surface area contributed by atoms with E-state index in [-0.39, 0.29) is 5.41 Å². The van der Waals surface area contributed by atoms with Crippen molar-refractivity contribution in [3.8, 4) is 0 Å². The third kappa shape index (κ3) is 5.94. The summed E-state index contributed by atoms with van der Waals surface area (Å²) in [5.74, 6) is 0. The molecule has 0 aliphatic carbocycles. The molecule has 0 saturated heterocycles. The van der Waals surface area contributed by atoms with Crippen molar-refractivity contribution in [3.05, 3.63) is 121 Å². The molecule has 32 heavy (non-hydrogen) atoms. The average molecular weight is 472 g/mol. The minimum Gasteiger partial charge on any atom is -0.137 e. The molecule has 3 heteroatoms. The Hall–Kier alpha value is -1.83. The smallest absolute Gasteiger partial charge is 0.0184 e. The molecule has 4 rings (SSSR count). The van der Waals surface area contributed by atoms with Gasteiger partial charge in [0, 0.05) is 0 Å². The minimum absolute atomic E-state index is 0.222. The van der Waals surface area contributed by atoms with Gasteiger partial charge in [-0.2, -0.15) is 0 Å². The molecular formula is C29H31P3. The lowest BCUT2D eigenvalue weighted by atomic mass is 9.99. The molecule has 4 aromatic rings. The van der Waals surface area contributed by atoms with E-state index in [1.54, 1.807) is 0 Å². The van der Waals surface area contributed by atoms with Gasteiger partial charge in [0.15, 0.2) is 0 Å². The van der Waals surface area contributed by atoms with Crippen LogP contribution in [0.4, 0.5) is 0 Å². The fraction of sp³-hybridized carbons (Fsp3) is 0.172. The molecule has 0 aliphatic rings.